The van der Waals surface area contributed by atoms with Crippen LogP contribution in [0.3, 0.4) is 0 Å². The molecule has 0 aromatic rings. The zero-order valence-electron chi connectivity index (χ0n) is 9.56. The van der Waals surface area contributed by atoms with E-state index in [1.807, 2.05) is 6.92 Å². The van der Waals surface area contributed by atoms with Gasteiger partial charge in [-0.05, 0) is 12.8 Å². The second kappa shape index (κ2) is 3.63. The van der Waals surface area contributed by atoms with E-state index in [1.54, 1.807) is 0 Å². The summed E-state index contributed by atoms with van der Waals surface area (Å²) in [6, 6.07) is 2.10. The van der Waals surface area contributed by atoms with E-state index in [-0.39, 0.29) is 23.8 Å². The van der Waals surface area contributed by atoms with Gasteiger partial charge in [-0.25, -0.2) is 0 Å². The van der Waals surface area contributed by atoms with Gasteiger partial charge in [-0.2, -0.15) is 10.4 Å². The third kappa shape index (κ3) is 1.38. The molecule has 5 heteroatoms. The van der Waals surface area contributed by atoms with Gasteiger partial charge in [0.05, 0.1) is 11.6 Å². The Kier molecular flexibility index (Phi) is 2.43. The molecule has 2 rings (SSSR count). The maximum Gasteiger partial charge on any atom is 0.242 e. The van der Waals surface area contributed by atoms with Crippen LogP contribution >= 0.6 is 0 Å². The molecule has 0 bridgehead atoms. The zero-order valence-corrected chi connectivity index (χ0v) is 9.56. The third-order valence-corrected chi connectivity index (χ3v) is 2.92. The van der Waals surface area contributed by atoms with Crippen molar-refractivity contribution >= 4 is 0 Å². The van der Waals surface area contributed by atoms with Crippen molar-refractivity contribution in [3.05, 3.63) is 22.9 Å². The number of ether oxygens (including phenoxy) is 1. The van der Waals surface area contributed by atoms with Gasteiger partial charge in [-0.15, -0.1) is 5.11 Å². The molecule has 0 aliphatic carbocycles. The van der Waals surface area contributed by atoms with Crippen LogP contribution in [0.5, 0.6) is 0 Å². The lowest BCUT2D eigenvalue weighted by atomic mass is 9.79. The van der Waals surface area contributed by atoms with Crippen LogP contribution in [0.2, 0.25) is 0 Å². The predicted molar refractivity (Wildman–Crippen MR) is 57.6 cm³/mol. The molecule has 0 saturated heterocycles. The number of nitrogens with zero attached hydrogens (tertiary/aromatic N) is 3. The van der Waals surface area contributed by atoms with Gasteiger partial charge in [-0.1, -0.05) is 13.8 Å². The van der Waals surface area contributed by atoms with Crippen LogP contribution in [0.25, 0.3) is 0 Å². The molecule has 0 saturated carbocycles. The number of hydrogen-bond acceptors (Lipinski definition) is 5. The van der Waals surface area contributed by atoms with E-state index >= 15 is 0 Å². The SMILES string of the molecule is CC1N=NC2=C1C(C(C)C)C(C#N)=C(N)O2. The molecule has 0 amide bonds. The highest BCUT2D eigenvalue weighted by molar-refractivity contribution is 5.41. The summed E-state index contributed by atoms with van der Waals surface area (Å²) < 4.78 is 5.32. The first kappa shape index (κ1) is 10.7. The molecule has 84 valence electrons. The fourth-order valence-electron chi connectivity index (χ4n) is 2.19. The fraction of sp³-hybridized carbons (Fsp3) is 0.545. The van der Waals surface area contributed by atoms with Crippen LogP contribution in [0.1, 0.15) is 20.8 Å². The number of hydrogen-bond donors (Lipinski definition) is 1. The molecule has 0 fully saturated rings. The number of rotatable bonds is 1. The summed E-state index contributed by atoms with van der Waals surface area (Å²) in [4.78, 5) is 0. The minimum Gasteiger partial charge on any atom is -0.421 e. The van der Waals surface area contributed by atoms with E-state index in [9.17, 15) is 0 Å². The Morgan fingerprint density at radius 1 is 1.50 bits per heavy atom. The molecule has 16 heavy (non-hydrogen) atoms. The van der Waals surface area contributed by atoms with Crippen LogP contribution in [-0.4, -0.2) is 6.04 Å². The Hall–Kier alpha value is -1.83. The fourth-order valence-corrected chi connectivity index (χ4v) is 2.19. The monoisotopic (exact) mass is 218 g/mol. The first-order valence-corrected chi connectivity index (χ1v) is 5.28. The second-order valence-electron chi connectivity index (χ2n) is 4.37. The summed E-state index contributed by atoms with van der Waals surface area (Å²) in [5.41, 5.74) is 7.18. The largest absolute Gasteiger partial charge is 0.421 e. The number of nitrogens with two attached hydrogens (primary N) is 1. The summed E-state index contributed by atoms with van der Waals surface area (Å²) in [6.45, 7) is 6.05. The van der Waals surface area contributed by atoms with E-state index in [4.69, 9.17) is 15.7 Å². The molecule has 0 aromatic heterocycles. The van der Waals surface area contributed by atoms with Gasteiger partial charge in [0.1, 0.15) is 6.07 Å². The Morgan fingerprint density at radius 3 is 2.75 bits per heavy atom. The molecular formula is C11H14N4O. The maximum absolute atomic E-state index is 9.14. The summed E-state index contributed by atoms with van der Waals surface area (Å²) in [7, 11) is 0. The van der Waals surface area contributed by atoms with Crippen LogP contribution < -0.4 is 5.73 Å². The molecular weight excluding hydrogens is 204 g/mol. The maximum atomic E-state index is 9.14. The molecule has 2 heterocycles. The van der Waals surface area contributed by atoms with Crippen molar-refractivity contribution in [1.29, 1.82) is 5.26 Å². The Balaban J connectivity index is 2.49. The zero-order chi connectivity index (χ0) is 11.9. The lowest BCUT2D eigenvalue weighted by molar-refractivity contribution is 0.260. The molecule has 2 N–H and O–H groups in total. The summed E-state index contributed by atoms with van der Waals surface area (Å²) in [5.74, 6) is 0.877. The van der Waals surface area contributed by atoms with Gasteiger partial charge >= 0.3 is 0 Å². The number of nitriles is 1. The van der Waals surface area contributed by atoms with Crippen LogP contribution in [0, 0.1) is 23.2 Å². The summed E-state index contributed by atoms with van der Waals surface area (Å²) >= 11 is 0. The van der Waals surface area contributed by atoms with Crippen LogP contribution in [0.4, 0.5) is 0 Å². The normalized spacial score (nSPS) is 28.2. The first-order chi connectivity index (χ1) is 7.56. The average molecular weight is 218 g/mol. The topological polar surface area (TPSA) is 83.8 Å². The van der Waals surface area contributed by atoms with Crippen molar-refractivity contribution < 1.29 is 4.74 Å². The van der Waals surface area contributed by atoms with E-state index in [2.05, 4.69) is 30.1 Å². The molecule has 2 aliphatic heterocycles. The third-order valence-electron chi connectivity index (χ3n) is 2.92. The predicted octanol–water partition coefficient (Wildman–Crippen LogP) is 2.05. The quantitative estimate of drug-likeness (QED) is 0.731. The van der Waals surface area contributed by atoms with E-state index < -0.39 is 0 Å². The van der Waals surface area contributed by atoms with Gasteiger partial charge in [-0.3, -0.25) is 0 Å². The van der Waals surface area contributed by atoms with Crippen molar-refractivity contribution in [3.63, 3.8) is 0 Å². The lowest BCUT2D eigenvalue weighted by Crippen LogP contribution is -2.27. The highest BCUT2D eigenvalue weighted by Gasteiger charge is 2.38. The highest BCUT2D eigenvalue weighted by atomic mass is 16.5. The van der Waals surface area contributed by atoms with Crippen molar-refractivity contribution in [2.75, 3.05) is 0 Å². The van der Waals surface area contributed by atoms with E-state index in [1.165, 1.54) is 0 Å². The molecule has 0 radical (unpaired) electrons. The highest BCUT2D eigenvalue weighted by Crippen LogP contribution is 2.41. The van der Waals surface area contributed by atoms with Crippen molar-refractivity contribution in [3.8, 4) is 6.07 Å². The Morgan fingerprint density at radius 2 is 2.19 bits per heavy atom. The van der Waals surface area contributed by atoms with Crippen LogP contribution in [0.15, 0.2) is 33.1 Å². The van der Waals surface area contributed by atoms with Crippen molar-refractivity contribution in [2.24, 2.45) is 27.8 Å². The molecule has 2 aliphatic rings. The molecule has 0 spiro atoms. The van der Waals surface area contributed by atoms with E-state index in [0.717, 1.165) is 5.57 Å². The van der Waals surface area contributed by atoms with Gasteiger partial charge in [0.25, 0.3) is 0 Å². The Bertz CT molecular complexity index is 453. The lowest BCUT2D eigenvalue weighted by Gasteiger charge is -2.28. The molecule has 2 atom stereocenters. The summed E-state index contributed by atoms with van der Waals surface area (Å²) in [5, 5.41) is 17.1. The minimum absolute atomic E-state index is 0.0288. The van der Waals surface area contributed by atoms with Crippen molar-refractivity contribution in [2.45, 2.75) is 26.8 Å². The Labute approximate surface area is 94.3 Å². The number of azo groups is 1. The van der Waals surface area contributed by atoms with Gasteiger partial charge in [0, 0.05) is 11.5 Å². The van der Waals surface area contributed by atoms with Crippen LogP contribution in [-0.2, 0) is 4.74 Å². The molecule has 0 aromatic carbocycles. The standard InChI is InChI=1S/C11H14N4O/c1-5(2)8-7(4-12)10(13)16-11-9(8)6(3)14-15-11/h5-6,8H,13H2,1-3H3. The van der Waals surface area contributed by atoms with Crippen molar-refractivity contribution in [1.82, 2.24) is 0 Å². The van der Waals surface area contributed by atoms with Gasteiger partial charge < -0.3 is 10.5 Å². The molecule has 2 unspecified atom stereocenters. The number of allylic oxidation sites excluding steroid dienone is 1. The van der Waals surface area contributed by atoms with Gasteiger partial charge in [0.15, 0.2) is 0 Å². The molecule has 5 nitrogen and oxygen atoms in total. The average Bonchev–Trinajstić information content (AvgIpc) is 2.57. The van der Waals surface area contributed by atoms with E-state index in [0.29, 0.717) is 11.5 Å². The summed E-state index contributed by atoms with van der Waals surface area (Å²) in [6.07, 6.45) is 0. The first-order valence-electron chi connectivity index (χ1n) is 5.28. The smallest absolute Gasteiger partial charge is 0.242 e. The van der Waals surface area contributed by atoms with Gasteiger partial charge in [0.2, 0.25) is 11.8 Å². The minimum atomic E-state index is -0.0289. The second-order valence-corrected chi connectivity index (χ2v) is 4.37.